The van der Waals surface area contributed by atoms with Gasteiger partial charge in [-0.1, -0.05) is 93.7 Å². The van der Waals surface area contributed by atoms with Crippen molar-refractivity contribution in [1.29, 1.82) is 0 Å². The summed E-state index contributed by atoms with van der Waals surface area (Å²) in [6, 6.07) is 17.2. The van der Waals surface area contributed by atoms with Gasteiger partial charge in [-0.3, -0.25) is 0 Å². The highest BCUT2D eigenvalue weighted by molar-refractivity contribution is 9.10. The van der Waals surface area contributed by atoms with Crippen LogP contribution in [0.3, 0.4) is 0 Å². The lowest BCUT2D eigenvalue weighted by atomic mass is 9.77. The van der Waals surface area contributed by atoms with Crippen LogP contribution in [-0.4, -0.2) is 9.44 Å². The number of alkyl halides is 2. The van der Waals surface area contributed by atoms with Gasteiger partial charge < -0.3 is 5.11 Å². The van der Waals surface area contributed by atoms with Crippen LogP contribution in [0.4, 0.5) is 0 Å². The van der Waals surface area contributed by atoms with Gasteiger partial charge in [-0.25, -0.2) is 0 Å². The molecule has 0 amide bonds. The number of allylic oxidation sites excluding steroid dienone is 3. The number of benzene rings is 2. The molecule has 0 unspecified atom stereocenters. The zero-order valence-electron chi connectivity index (χ0n) is 12.2. The standard InChI is InChI=1S/C19H15BrCl2O/c20-17-10-8-15(9-11-17)19(23,14-5-2-1-3-6-14)16-7-4-12-18(21,22)13-16/h1-12,23H,13H2/t19-/m0/s1. The van der Waals surface area contributed by atoms with Gasteiger partial charge in [0.15, 0.2) is 0 Å². The van der Waals surface area contributed by atoms with E-state index in [-0.39, 0.29) is 0 Å². The van der Waals surface area contributed by atoms with Crippen molar-refractivity contribution in [3.8, 4) is 0 Å². The van der Waals surface area contributed by atoms with E-state index >= 15 is 0 Å². The second-order valence-corrected chi connectivity index (χ2v) is 8.03. The predicted octanol–water partition coefficient (Wildman–Crippen LogP) is 5.75. The third-order valence-electron chi connectivity index (χ3n) is 3.98. The predicted molar refractivity (Wildman–Crippen MR) is 99.9 cm³/mol. The van der Waals surface area contributed by atoms with Crippen molar-refractivity contribution in [3.05, 3.63) is 94.0 Å². The van der Waals surface area contributed by atoms with Gasteiger partial charge >= 0.3 is 0 Å². The summed E-state index contributed by atoms with van der Waals surface area (Å²) in [5.74, 6) is 0. The zero-order chi connectivity index (χ0) is 16.5. The average Bonchev–Trinajstić information content (AvgIpc) is 2.54. The Morgan fingerprint density at radius 2 is 1.57 bits per heavy atom. The van der Waals surface area contributed by atoms with E-state index in [1.54, 1.807) is 12.2 Å². The topological polar surface area (TPSA) is 20.2 Å². The lowest BCUT2D eigenvalue weighted by molar-refractivity contribution is 0.116. The Kier molecular flexibility index (Phi) is 4.70. The molecular formula is C19H15BrCl2O. The molecule has 1 nitrogen and oxygen atoms in total. The summed E-state index contributed by atoms with van der Waals surface area (Å²) in [4.78, 5) is 0. The number of aliphatic hydroxyl groups is 1. The molecule has 2 aromatic carbocycles. The highest BCUT2D eigenvalue weighted by Crippen LogP contribution is 2.45. The largest absolute Gasteiger partial charge is 0.376 e. The van der Waals surface area contributed by atoms with Crippen LogP contribution in [-0.2, 0) is 5.60 Å². The van der Waals surface area contributed by atoms with Crippen LogP contribution in [0, 0.1) is 0 Å². The van der Waals surface area contributed by atoms with Gasteiger partial charge in [-0.15, -0.1) is 0 Å². The first-order valence-corrected chi connectivity index (χ1v) is 8.77. The third kappa shape index (κ3) is 3.41. The molecule has 4 heteroatoms. The smallest absolute Gasteiger partial charge is 0.140 e. The highest BCUT2D eigenvalue weighted by atomic mass is 79.9. The molecule has 1 aliphatic rings. The minimum atomic E-state index is -1.28. The molecule has 1 aliphatic carbocycles. The Bertz CT molecular complexity index is 751. The molecular weight excluding hydrogens is 395 g/mol. The molecule has 0 bridgehead atoms. The molecule has 1 N–H and O–H groups in total. The molecule has 0 heterocycles. The van der Waals surface area contributed by atoms with Gasteiger partial charge in [0.2, 0.25) is 0 Å². The summed E-state index contributed by atoms with van der Waals surface area (Å²) in [6.07, 6.45) is 5.77. The van der Waals surface area contributed by atoms with Gasteiger partial charge in [-0.05, 0) is 34.9 Å². The first kappa shape index (κ1) is 16.8. The molecule has 1 atom stereocenters. The van der Waals surface area contributed by atoms with E-state index in [0.29, 0.717) is 6.42 Å². The lowest BCUT2D eigenvalue weighted by Gasteiger charge is -2.35. The molecule has 0 saturated carbocycles. The van der Waals surface area contributed by atoms with Gasteiger partial charge in [0.1, 0.15) is 9.93 Å². The first-order chi connectivity index (χ1) is 10.9. The van der Waals surface area contributed by atoms with Crippen molar-refractivity contribution in [1.82, 2.24) is 0 Å². The molecule has 23 heavy (non-hydrogen) atoms. The van der Waals surface area contributed by atoms with Crippen LogP contribution in [0.25, 0.3) is 0 Å². The Morgan fingerprint density at radius 3 is 2.17 bits per heavy atom. The fraction of sp³-hybridized carbons (Fsp3) is 0.158. The van der Waals surface area contributed by atoms with Crippen molar-refractivity contribution in [2.24, 2.45) is 0 Å². The molecule has 0 fully saturated rings. The van der Waals surface area contributed by atoms with E-state index in [0.717, 1.165) is 21.2 Å². The van der Waals surface area contributed by atoms with Crippen molar-refractivity contribution in [3.63, 3.8) is 0 Å². The summed E-state index contributed by atoms with van der Waals surface area (Å²) >= 11 is 16.0. The minimum Gasteiger partial charge on any atom is -0.376 e. The Morgan fingerprint density at radius 1 is 0.957 bits per heavy atom. The maximum Gasteiger partial charge on any atom is 0.140 e. The van der Waals surface area contributed by atoms with Crippen molar-refractivity contribution in [2.75, 3.05) is 0 Å². The van der Waals surface area contributed by atoms with Crippen molar-refractivity contribution >= 4 is 39.1 Å². The van der Waals surface area contributed by atoms with E-state index in [4.69, 9.17) is 23.2 Å². The number of hydrogen-bond acceptors (Lipinski definition) is 1. The van der Waals surface area contributed by atoms with E-state index in [2.05, 4.69) is 15.9 Å². The Hall–Kier alpha value is -1.06. The summed E-state index contributed by atoms with van der Waals surface area (Å²) in [5, 5.41) is 11.7. The van der Waals surface area contributed by atoms with Gasteiger partial charge in [0.25, 0.3) is 0 Å². The molecule has 0 spiro atoms. The third-order valence-corrected chi connectivity index (χ3v) is 5.03. The molecule has 118 valence electrons. The summed E-state index contributed by atoms with van der Waals surface area (Å²) in [5.41, 5.74) is 1.05. The lowest BCUT2D eigenvalue weighted by Crippen LogP contribution is -2.33. The monoisotopic (exact) mass is 408 g/mol. The van der Waals surface area contributed by atoms with Crippen LogP contribution in [0.15, 0.2) is 82.9 Å². The van der Waals surface area contributed by atoms with Gasteiger partial charge in [0, 0.05) is 10.9 Å². The van der Waals surface area contributed by atoms with E-state index < -0.39 is 9.93 Å². The summed E-state index contributed by atoms with van der Waals surface area (Å²) in [7, 11) is 0. The first-order valence-electron chi connectivity index (χ1n) is 7.22. The normalized spacial score (nSPS) is 19.0. The molecule has 2 aromatic rings. The molecule has 0 aliphatic heterocycles. The number of halogens is 3. The van der Waals surface area contributed by atoms with E-state index in [1.165, 1.54) is 0 Å². The van der Waals surface area contributed by atoms with Crippen molar-refractivity contribution in [2.45, 2.75) is 16.4 Å². The molecule has 0 radical (unpaired) electrons. The van der Waals surface area contributed by atoms with Crippen LogP contribution in [0.2, 0.25) is 0 Å². The van der Waals surface area contributed by atoms with Crippen LogP contribution >= 0.6 is 39.1 Å². The van der Waals surface area contributed by atoms with Gasteiger partial charge in [0.05, 0.1) is 0 Å². The minimum absolute atomic E-state index is 0.355. The SMILES string of the molecule is O[C@@](C1=CC=CC(Cl)(Cl)C1)(c1ccccc1)c1ccc(Br)cc1. The average molecular weight is 410 g/mol. The molecule has 0 aromatic heterocycles. The highest BCUT2D eigenvalue weighted by Gasteiger charge is 2.39. The van der Waals surface area contributed by atoms with Crippen molar-refractivity contribution < 1.29 is 5.11 Å². The Balaban J connectivity index is 2.17. The maximum absolute atomic E-state index is 11.7. The second-order valence-electron chi connectivity index (χ2n) is 5.57. The maximum atomic E-state index is 11.7. The molecule has 3 rings (SSSR count). The quantitative estimate of drug-likeness (QED) is 0.640. The van der Waals surface area contributed by atoms with Crippen LogP contribution in [0.1, 0.15) is 17.5 Å². The van der Waals surface area contributed by atoms with Crippen LogP contribution in [0.5, 0.6) is 0 Å². The number of hydrogen-bond donors (Lipinski definition) is 1. The zero-order valence-corrected chi connectivity index (χ0v) is 15.3. The van der Waals surface area contributed by atoms with E-state index in [1.807, 2.05) is 60.7 Å². The second kappa shape index (κ2) is 6.45. The fourth-order valence-corrected chi connectivity index (χ4v) is 3.53. The summed E-state index contributed by atoms with van der Waals surface area (Å²) in [6.45, 7) is 0. The van der Waals surface area contributed by atoms with Crippen LogP contribution < -0.4 is 0 Å². The van der Waals surface area contributed by atoms with Gasteiger partial charge in [-0.2, -0.15) is 0 Å². The fourth-order valence-electron chi connectivity index (χ4n) is 2.83. The van der Waals surface area contributed by atoms with E-state index in [9.17, 15) is 5.11 Å². The molecule has 0 saturated heterocycles. The summed E-state index contributed by atoms with van der Waals surface area (Å²) < 4.78 is -0.0550. The Labute approximate surface area is 154 Å². The number of rotatable bonds is 3.